The third kappa shape index (κ3) is 2.42. The van der Waals surface area contributed by atoms with Crippen molar-refractivity contribution in [3.05, 3.63) is 17.0 Å². The Morgan fingerprint density at radius 2 is 2.25 bits per heavy atom. The van der Waals surface area contributed by atoms with Crippen molar-refractivity contribution in [3.63, 3.8) is 0 Å². The molecule has 2 aliphatic rings. The van der Waals surface area contributed by atoms with Gasteiger partial charge in [-0.2, -0.15) is 4.31 Å². The third-order valence-electron chi connectivity index (χ3n) is 4.31. The highest BCUT2D eigenvalue weighted by atomic mass is 32.2. The number of thiophene rings is 1. The first-order valence-electron chi connectivity index (χ1n) is 7.05. The van der Waals surface area contributed by atoms with E-state index in [1.807, 2.05) is 12.3 Å². The quantitative estimate of drug-likeness (QED) is 0.906. The lowest BCUT2D eigenvalue weighted by Gasteiger charge is -2.41. The summed E-state index contributed by atoms with van der Waals surface area (Å²) in [5.74, 6) is 0. The minimum absolute atomic E-state index is 0.0396. The van der Waals surface area contributed by atoms with Crippen molar-refractivity contribution in [2.75, 3.05) is 19.6 Å². The van der Waals surface area contributed by atoms with Crippen LogP contribution in [0.4, 0.5) is 0 Å². The van der Waals surface area contributed by atoms with Crippen molar-refractivity contribution in [1.29, 1.82) is 0 Å². The second kappa shape index (κ2) is 5.38. The Morgan fingerprint density at radius 3 is 2.95 bits per heavy atom. The molecule has 0 aliphatic carbocycles. The SMILES string of the molecule is CC1CN2CCCC2CN1S(=O)(=O)c1cc(CN)cs1. The topological polar surface area (TPSA) is 66.6 Å². The highest BCUT2D eigenvalue weighted by Gasteiger charge is 2.40. The van der Waals surface area contributed by atoms with Gasteiger partial charge in [-0.25, -0.2) is 8.42 Å². The van der Waals surface area contributed by atoms with Gasteiger partial charge in [0.25, 0.3) is 10.0 Å². The largest absolute Gasteiger partial charge is 0.326 e. The van der Waals surface area contributed by atoms with Crippen LogP contribution in [0, 0.1) is 0 Å². The maximum atomic E-state index is 12.8. The lowest BCUT2D eigenvalue weighted by molar-refractivity contribution is 0.117. The molecule has 7 heteroatoms. The first-order valence-corrected chi connectivity index (χ1v) is 9.37. The fourth-order valence-corrected chi connectivity index (χ4v) is 6.22. The zero-order valence-electron chi connectivity index (χ0n) is 11.7. The van der Waals surface area contributed by atoms with Gasteiger partial charge in [-0.3, -0.25) is 4.90 Å². The maximum absolute atomic E-state index is 12.8. The Balaban J connectivity index is 1.86. The van der Waals surface area contributed by atoms with E-state index in [9.17, 15) is 8.42 Å². The Kier molecular flexibility index (Phi) is 3.89. The number of hydrogen-bond acceptors (Lipinski definition) is 5. The molecule has 0 amide bonds. The van der Waals surface area contributed by atoms with Gasteiger partial charge in [-0.1, -0.05) is 0 Å². The van der Waals surface area contributed by atoms with Crippen molar-refractivity contribution < 1.29 is 8.42 Å². The van der Waals surface area contributed by atoms with Crippen LogP contribution in [0.25, 0.3) is 0 Å². The molecule has 5 nitrogen and oxygen atoms in total. The van der Waals surface area contributed by atoms with Crippen LogP contribution < -0.4 is 5.73 Å². The second-order valence-corrected chi connectivity index (χ2v) is 8.72. The van der Waals surface area contributed by atoms with Gasteiger partial charge in [0, 0.05) is 31.7 Å². The summed E-state index contributed by atoms with van der Waals surface area (Å²) in [7, 11) is -3.37. The number of nitrogens with two attached hydrogens (primary N) is 1. The number of rotatable bonds is 3. The van der Waals surface area contributed by atoms with Crippen LogP contribution >= 0.6 is 11.3 Å². The molecular formula is C13H21N3O2S2. The minimum Gasteiger partial charge on any atom is -0.326 e. The van der Waals surface area contributed by atoms with Gasteiger partial charge in [-0.15, -0.1) is 11.3 Å². The first-order chi connectivity index (χ1) is 9.52. The average molecular weight is 315 g/mol. The molecule has 2 aliphatic heterocycles. The monoisotopic (exact) mass is 315 g/mol. The molecule has 112 valence electrons. The van der Waals surface area contributed by atoms with E-state index in [1.165, 1.54) is 17.8 Å². The highest BCUT2D eigenvalue weighted by molar-refractivity contribution is 7.91. The van der Waals surface area contributed by atoms with Gasteiger partial charge in [0.05, 0.1) is 0 Å². The molecule has 2 unspecified atom stereocenters. The number of nitrogens with zero attached hydrogens (tertiary/aromatic N) is 2. The summed E-state index contributed by atoms with van der Waals surface area (Å²) in [4.78, 5) is 2.43. The van der Waals surface area contributed by atoms with E-state index in [1.54, 1.807) is 10.4 Å². The number of sulfonamides is 1. The molecule has 2 N–H and O–H groups in total. The van der Waals surface area contributed by atoms with Crippen LogP contribution in [-0.2, 0) is 16.6 Å². The molecule has 2 atom stereocenters. The second-order valence-electron chi connectivity index (χ2n) is 5.69. The molecule has 0 saturated carbocycles. The summed E-state index contributed by atoms with van der Waals surface area (Å²) in [6.45, 7) is 4.97. The molecule has 2 saturated heterocycles. The summed E-state index contributed by atoms with van der Waals surface area (Å²) in [5.41, 5.74) is 6.46. The Morgan fingerprint density at radius 1 is 1.45 bits per heavy atom. The van der Waals surface area contributed by atoms with E-state index >= 15 is 0 Å². The van der Waals surface area contributed by atoms with E-state index in [2.05, 4.69) is 4.90 Å². The maximum Gasteiger partial charge on any atom is 0.252 e. The normalized spacial score (nSPS) is 28.7. The highest BCUT2D eigenvalue weighted by Crippen LogP contribution is 2.31. The van der Waals surface area contributed by atoms with Crippen molar-refractivity contribution in [3.8, 4) is 0 Å². The van der Waals surface area contributed by atoms with Crippen LogP contribution in [0.5, 0.6) is 0 Å². The Hall–Kier alpha value is -0.470. The lowest BCUT2D eigenvalue weighted by Crippen LogP contribution is -2.56. The summed E-state index contributed by atoms with van der Waals surface area (Å²) in [6.07, 6.45) is 2.29. The van der Waals surface area contributed by atoms with Gasteiger partial charge in [0.15, 0.2) is 0 Å². The first kappa shape index (κ1) is 14.5. The van der Waals surface area contributed by atoms with Gasteiger partial charge >= 0.3 is 0 Å². The third-order valence-corrected chi connectivity index (χ3v) is 7.75. The number of hydrogen-bond donors (Lipinski definition) is 1. The van der Waals surface area contributed by atoms with Crippen LogP contribution in [-0.4, -0.2) is 49.3 Å². The van der Waals surface area contributed by atoms with E-state index < -0.39 is 10.0 Å². The summed E-state index contributed by atoms with van der Waals surface area (Å²) >= 11 is 1.28. The Bertz CT molecular complexity index is 584. The fraction of sp³-hybridized carbons (Fsp3) is 0.692. The molecule has 3 rings (SSSR count). The number of fused-ring (bicyclic) bond motifs is 1. The van der Waals surface area contributed by atoms with Gasteiger partial charge in [-0.05, 0) is 43.3 Å². The average Bonchev–Trinajstić information content (AvgIpc) is 3.05. The van der Waals surface area contributed by atoms with Crippen molar-refractivity contribution >= 4 is 21.4 Å². The van der Waals surface area contributed by atoms with Gasteiger partial charge in [0.1, 0.15) is 4.21 Å². The fourth-order valence-electron chi connectivity index (χ4n) is 3.21. The zero-order valence-corrected chi connectivity index (χ0v) is 13.3. The summed E-state index contributed by atoms with van der Waals surface area (Å²) in [5, 5.41) is 1.84. The molecule has 1 aromatic rings. The predicted molar refractivity (Wildman–Crippen MR) is 80.2 cm³/mol. The van der Waals surface area contributed by atoms with Crippen molar-refractivity contribution in [2.45, 2.75) is 42.6 Å². The van der Waals surface area contributed by atoms with E-state index in [0.717, 1.165) is 25.1 Å². The molecular weight excluding hydrogens is 294 g/mol. The standard InChI is InChI=1S/C13H21N3O2S2/c1-10-7-15-4-2-3-12(15)8-16(10)20(17,18)13-5-11(6-14)9-19-13/h5,9-10,12H,2-4,6-8,14H2,1H3. The molecule has 0 bridgehead atoms. The van der Waals surface area contributed by atoms with E-state index in [0.29, 0.717) is 23.3 Å². The van der Waals surface area contributed by atoms with Gasteiger partial charge < -0.3 is 5.73 Å². The Labute approximate surface area is 124 Å². The zero-order chi connectivity index (χ0) is 14.3. The predicted octanol–water partition coefficient (Wildman–Crippen LogP) is 1.06. The molecule has 20 heavy (non-hydrogen) atoms. The summed E-state index contributed by atoms with van der Waals surface area (Å²) in [6, 6.07) is 2.15. The van der Waals surface area contributed by atoms with Crippen LogP contribution in [0.15, 0.2) is 15.7 Å². The lowest BCUT2D eigenvalue weighted by atomic mass is 10.1. The van der Waals surface area contributed by atoms with E-state index in [4.69, 9.17) is 5.73 Å². The molecule has 0 radical (unpaired) electrons. The molecule has 0 spiro atoms. The van der Waals surface area contributed by atoms with Crippen molar-refractivity contribution in [1.82, 2.24) is 9.21 Å². The number of piperazine rings is 1. The van der Waals surface area contributed by atoms with E-state index in [-0.39, 0.29) is 6.04 Å². The molecule has 2 fully saturated rings. The molecule has 1 aromatic heterocycles. The summed E-state index contributed by atoms with van der Waals surface area (Å²) < 4.78 is 27.7. The molecule has 0 aromatic carbocycles. The van der Waals surface area contributed by atoms with Crippen LogP contribution in [0.3, 0.4) is 0 Å². The smallest absolute Gasteiger partial charge is 0.252 e. The van der Waals surface area contributed by atoms with Crippen LogP contribution in [0.2, 0.25) is 0 Å². The van der Waals surface area contributed by atoms with Crippen LogP contribution in [0.1, 0.15) is 25.3 Å². The van der Waals surface area contributed by atoms with Crippen molar-refractivity contribution in [2.24, 2.45) is 5.73 Å². The molecule has 3 heterocycles. The minimum atomic E-state index is -3.37. The van der Waals surface area contributed by atoms with Gasteiger partial charge in [0.2, 0.25) is 0 Å².